The first kappa shape index (κ1) is 9.14. The highest BCUT2D eigenvalue weighted by atomic mass is 35.5. The predicted octanol–water partition coefficient (Wildman–Crippen LogP) is -0.699. The molecule has 0 aliphatic heterocycles. The highest BCUT2D eigenvalue weighted by Gasteiger charge is 1.62. The van der Waals surface area contributed by atoms with Crippen LogP contribution in [0.3, 0.4) is 0 Å². The average Bonchev–Trinajstić information content (AvgIpc) is 1.38. The van der Waals surface area contributed by atoms with Crippen molar-refractivity contribution in [3.63, 3.8) is 0 Å². The van der Waals surface area contributed by atoms with E-state index < -0.39 is 0 Å². The molecule has 38 valence electrons. The SMILES string of the molecule is C=C(N)NN.Cl. The summed E-state index contributed by atoms with van der Waals surface area (Å²) in [6.45, 7) is 3.22. The van der Waals surface area contributed by atoms with Crippen molar-refractivity contribution in [1.29, 1.82) is 0 Å². The Hall–Kier alpha value is -0.410. The van der Waals surface area contributed by atoms with Crippen LogP contribution < -0.4 is 17.0 Å². The summed E-state index contributed by atoms with van der Waals surface area (Å²) in [5, 5.41) is 0. The standard InChI is InChI=1S/C2H7N3.ClH/c1-2(3)5-4;/h5H,1,3-4H2;1H. The first-order valence-corrected chi connectivity index (χ1v) is 1.18. The molecule has 5 N–H and O–H groups in total. The van der Waals surface area contributed by atoms with Crippen molar-refractivity contribution in [1.82, 2.24) is 5.43 Å². The maximum absolute atomic E-state index is 4.86. The quantitative estimate of drug-likeness (QED) is 0.308. The molecule has 0 atom stereocenters. The van der Waals surface area contributed by atoms with Gasteiger partial charge in [-0.2, -0.15) is 0 Å². The molecular weight excluding hydrogens is 101 g/mol. The van der Waals surface area contributed by atoms with Gasteiger partial charge in [-0.25, -0.2) is 5.84 Å². The van der Waals surface area contributed by atoms with E-state index in [4.69, 9.17) is 11.6 Å². The van der Waals surface area contributed by atoms with E-state index in [-0.39, 0.29) is 18.2 Å². The van der Waals surface area contributed by atoms with E-state index in [1.54, 1.807) is 0 Å². The zero-order valence-electron chi connectivity index (χ0n) is 3.27. The van der Waals surface area contributed by atoms with Crippen molar-refractivity contribution in [2.45, 2.75) is 0 Å². The van der Waals surface area contributed by atoms with E-state index >= 15 is 0 Å². The molecule has 0 radical (unpaired) electrons. The van der Waals surface area contributed by atoms with E-state index in [0.717, 1.165) is 0 Å². The zero-order valence-corrected chi connectivity index (χ0v) is 4.09. The zero-order chi connectivity index (χ0) is 4.28. The summed E-state index contributed by atoms with van der Waals surface area (Å²) in [6, 6.07) is 0. The van der Waals surface area contributed by atoms with Crippen molar-refractivity contribution in [3.05, 3.63) is 12.4 Å². The van der Waals surface area contributed by atoms with Crippen LogP contribution in [-0.2, 0) is 0 Å². The minimum absolute atomic E-state index is 0. The van der Waals surface area contributed by atoms with E-state index in [1.807, 2.05) is 0 Å². The molecule has 0 saturated heterocycles. The predicted molar refractivity (Wildman–Crippen MR) is 27.9 cm³/mol. The van der Waals surface area contributed by atoms with E-state index in [9.17, 15) is 0 Å². The van der Waals surface area contributed by atoms with Gasteiger partial charge >= 0.3 is 0 Å². The van der Waals surface area contributed by atoms with Gasteiger partial charge in [-0.1, -0.05) is 6.58 Å². The summed E-state index contributed by atoms with van der Waals surface area (Å²) < 4.78 is 0. The Kier molecular flexibility index (Phi) is 6.99. The van der Waals surface area contributed by atoms with Crippen molar-refractivity contribution in [3.8, 4) is 0 Å². The molecule has 0 aliphatic carbocycles. The Morgan fingerprint density at radius 2 is 1.83 bits per heavy atom. The van der Waals surface area contributed by atoms with Crippen LogP contribution in [0.5, 0.6) is 0 Å². The fourth-order valence-corrected chi connectivity index (χ4v) is 0. The van der Waals surface area contributed by atoms with E-state index in [1.165, 1.54) is 0 Å². The Labute approximate surface area is 42.8 Å². The number of rotatable bonds is 1. The molecule has 0 spiro atoms. The largest absolute Gasteiger partial charge is 0.385 e. The third-order valence-electron chi connectivity index (χ3n) is 0.185. The maximum Gasteiger partial charge on any atom is 0.103 e. The summed E-state index contributed by atoms with van der Waals surface area (Å²) in [5.74, 6) is 4.98. The Balaban J connectivity index is 0. The van der Waals surface area contributed by atoms with Crippen molar-refractivity contribution in [2.75, 3.05) is 0 Å². The molecule has 3 nitrogen and oxygen atoms in total. The molecule has 0 bridgehead atoms. The van der Waals surface area contributed by atoms with Gasteiger partial charge in [-0.3, -0.25) is 0 Å². The lowest BCUT2D eigenvalue weighted by atomic mass is 10.9. The van der Waals surface area contributed by atoms with Crippen LogP contribution in [0.15, 0.2) is 12.4 Å². The van der Waals surface area contributed by atoms with Crippen LogP contribution in [0.4, 0.5) is 0 Å². The van der Waals surface area contributed by atoms with Gasteiger partial charge in [0.2, 0.25) is 0 Å². The smallest absolute Gasteiger partial charge is 0.103 e. The second kappa shape index (κ2) is 4.59. The van der Waals surface area contributed by atoms with Gasteiger partial charge in [-0.05, 0) is 0 Å². The van der Waals surface area contributed by atoms with Crippen molar-refractivity contribution < 1.29 is 0 Å². The molecule has 0 aromatic heterocycles. The Morgan fingerprint density at radius 1 is 1.67 bits per heavy atom. The number of halogens is 1. The lowest BCUT2D eigenvalue weighted by molar-refractivity contribution is 0.875. The van der Waals surface area contributed by atoms with Gasteiger partial charge in [-0.15, -0.1) is 12.4 Å². The molecular formula is C2H8ClN3. The van der Waals surface area contributed by atoms with E-state index in [2.05, 4.69) is 12.0 Å². The summed E-state index contributed by atoms with van der Waals surface area (Å²) in [4.78, 5) is 0. The first-order chi connectivity index (χ1) is 2.27. The van der Waals surface area contributed by atoms with Gasteiger partial charge in [0.05, 0.1) is 0 Å². The molecule has 0 aromatic carbocycles. The Morgan fingerprint density at radius 3 is 1.83 bits per heavy atom. The third kappa shape index (κ3) is 9.53. The number of hydrazine groups is 1. The molecule has 0 heterocycles. The molecule has 0 aliphatic rings. The molecule has 6 heavy (non-hydrogen) atoms. The molecule has 0 rings (SSSR count). The van der Waals surface area contributed by atoms with Crippen LogP contribution in [0.1, 0.15) is 0 Å². The molecule has 0 fully saturated rings. The van der Waals surface area contributed by atoms with Crippen LogP contribution in [0.25, 0.3) is 0 Å². The molecule has 0 amide bonds. The average molecular weight is 110 g/mol. The van der Waals surface area contributed by atoms with Gasteiger partial charge < -0.3 is 11.2 Å². The lowest BCUT2D eigenvalue weighted by Crippen LogP contribution is -2.25. The number of hydrogen-bond donors (Lipinski definition) is 3. The highest BCUT2D eigenvalue weighted by Crippen LogP contribution is 1.49. The number of nitrogens with two attached hydrogens (primary N) is 2. The minimum atomic E-state index is 0. The highest BCUT2D eigenvalue weighted by molar-refractivity contribution is 5.85. The number of hydrogen-bond acceptors (Lipinski definition) is 3. The number of nitrogens with one attached hydrogen (secondary N) is 1. The van der Waals surface area contributed by atoms with Crippen LogP contribution in [-0.4, -0.2) is 0 Å². The third-order valence-corrected chi connectivity index (χ3v) is 0.185. The van der Waals surface area contributed by atoms with E-state index in [0.29, 0.717) is 0 Å². The minimum Gasteiger partial charge on any atom is -0.385 e. The summed E-state index contributed by atoms with van der Waals surface area (Å²) in [7, 11) is 0. The fourth-order valence-electron chi connectivity index (χ4n) is 0. The molecule has 0 unspecified atom stereocenters. The van der Waals surface area contributed by atoms with Crippen molar-refractivity contribution >= 4 is 12.4 Å². The van der Waals surface area contributed by atoms with Gasteiger partial charge in [0, 0.05) is 0 Å². The van der Waals surface area contributed by atoms with Crippen LogP contribution in [0.2, 0.25) is 0 Å². The topological polar surface area (TPSA) is 64.1 Å². The second-order valence-electron chi connectivity index (χ2n) is 0.670. The van der Waals surface area contributed by atoms with Crippen molar-refractivity contribution in [2.24, 2.45) is 11.6 Å². The maximum atomic E-state index is 4.86. The normalized spacial score (nSPS) is 5.50. The molecule has 0 aromatic rings. The van der Waals surface area contributed by atoms with Gasteiger partial charge in [0.15, 0.2) is 0 Å². The van der Waals surface area contributed by atoms with Crippen LogP contribution >= 0.6 is 12.4 Å². The van der Waals surface area contributed by atoms with Gasteiger partial charge in [0.25, 0.3) is 0 Å². The van der Waals surface area contributed by atoms with Gasteiger partial charge in [0.1, 0.15) is 5.82 Å². The summed E-state index contributed by atoms with van der Waals surface area (Å²) in [5.41, 5.74) is 6.97. The molecule has 0 saturated carbocycles. The monoisotopic (exact) mass is 109 g/mol. The van der Waals surface area contributed by atoms with Crippen LogP contribution in [0, 0.1) is 0 Å². The second-order valence-corrected chi connectivity index (χ2v) is 0.670. The lowest BCUT2D eigenvalue weighted by Gasteiger charge is -1.88. The first-order valence-electron chi connectivity index (χ1n) is 1.18. The molecule has 4 heteroatoms. The fraction of sp³-hybridized carbons (Fsp3) is 0. The summed E-state index contributed by atoms with van der Waals surface area (Å²) in [6.07, 6.45) is 0. The summed E-state index contributed by atoms with van der Waals surface area (Å²) >= 11 is 0. The Bertz CT molecular complexity index is 44.1.